The summed E-state index contributed by atoms with van der Waals surface area (Å²) in [5.74, 6) is -0.595. The fourth-order valence-corrected chi connectivity index (χ4v) is 4.42. The molecule has 33 heavy (non-hydrogen) atoms. The van der Waals surface area contributed by atoms with Gasteiger partial charge < -0.3 is 9.64 Å². The van der Waals surface area contributed by atoms with E-state index in [9.17, 15) is 14.4 Å². The standard InChI is InChI=1S/C26H27N3O4/c1-2-33-25(32)26(15-8-12-19-10-4-3-5-11-19)16-9-17-29(18-26)24(31)22-20-13-6-7-14-21(20)23(30)28-27-22/h3-8,10-14H,2,9,15-18H2,1H3,(H,28,30). The third-order valence-corrected chi connectivity index (χ3v) is 6.09. The van der Waals surface area contributed by atoms with Crippen LogP contribution in [0, 0.1) is 5.41 Å². The van der Waals surface area contributed by atoms with Crippen LogP contribution in [-0.2, 0) is 9.53 Å². The Morgan fingerprint density at radius 2 is 1.85 bits per heavy atom. The van der Waals surface area contributed by atoms with Gasteiger partial charge in [-0.2, -0.15) is 5.10 Å². The van der Waals surface area contributed by atoms with Gasteiger partial charge in [-0.25, -0.2) is 5.10 Å². The molecule has 0 aliphatic carbocycles. The number of carbonyl (C=O) groups is 2. The number of aromatic nitrogens is 2. The Kier molecular flexibility index (Phi) is 6.68. The third kappa shape index (κ3) is 4.72. The predicted octanol–water partition coefficient (Wildman–Crippen LogP) is 3.81. The summed E-state index contributed by atoms with van der Waals surface area (Å²) >= 11 is 0. The van der Waals surface area contributed by atoms with Crippen LogP contribution in [0.25, 0.3) is 16.8 Å². The van der Waals surface area contributed by atoms with Crippen molar-refractivity contribution in [2.45, 2.75) is 26.2 Å². The van der Waals surface area contributed by atoms with E-state index < -0.39 is 5.41 Å². The molecule has 170 valence electrons. The zero-order valence-electron chi connectivity index (χ0n) is 18.6. The van der Waals surface area contributed by atoms with Crippen molar-refractivity contribution < 1.29 is 14.3 Å². The number of fused-ring (bicyclic) bond motifs is 1. The highest BCUT2D eigenvalue weighted by molar-refractivity contribution is 6.05. The Morgan fingerprint density at radius 1 is 1.12 bits per heavy atom. The predicted molar refractivity (Wildman–Crippen MR) is 127 cm³/mol. The number of hydrogen-bond donors (Lipinski definition) is 1. The number of aromatic amines is 1. The average molecular weight is 446 g/mol. The maximum atomic E-state index is 13.5. The monoisotopic (exact) mass is 445 g/mol. The molecule has 1 amide bonds. The molecule has 1 aromatic heterocycles. The Balaban J connectivity index is 1.62. The van der Waals surface area contributed by atoms with E-state index in [-0.39, 0.29) is 36.3 Å². The number of allylic oxidation sites excluding steroid dienone is 1. The molecule has 0 bridgehead atoms. The van der Waals surface area contributed by atoms with E-state index in [0.29, 0.717) is 36.6 Å². The van der Waals surface area contributed by atoms with Crippen LogP contribution in [0.2, 0.25) is 0 Å². The molecule has 7 nitrogen and oxygen atoms in total. The molecule has 1 fully saturated rings. The molecule has 2 aromatic carbocycles. The Morgan fingerprint density at radius 3 is 2.61 bits per heavy atom. The summed E-state index contributed by atoms with van der Waals surface area (Å²) in [5.41, 5.74) is 0.0641. The fourth-order valence-electron chi connectivity index (χ4n) is 4.42. The second-order valence-electron chi connectivity index (χ2n) is 8.30. The maximum absolute atomic E-state index is 13.5. The van der Waals surface area contributed by atoms with Crippen molar-refractivity contribution in [3.05, 3.63) is 82.3 Å². The summed E-state index contributed by atoms with van der Waals surface area (Å²) in [6.07, 6.45) is 5.73. The van der Waals surface area contributed by atoms with Crippen molar-refractivity contribution in [3.8, 4) is 0 Å². The molecule has 1 N–H and O–H groups in total. The van der Waals surface area contributed by atoms with Gasteiger partial charge in [-0.15, -0.1) is 0 Å². The quantitative estimate of drug-likeness (QED) is 0.583. The second-order valence-corrected chi connectivity index (χ2v) is 8.30. The normalized spacial score (nSPS) is 18.5. The minimum Gasteiger partial charge on any atom is -0.466 e. The highest BCUT2D eigenvalue weighted by atomic mass is 16.5. The number of ether oxygens (including phenoxy) is 1. The Labute approximate surface area is 192 Å². The van der Waals surface area contributed by atoms with Crippen LogP contribution in [0.15, 0.2) is 65.5 Å². The molecular weight excluding hydrogens is 418 g/mol. The van der Waals surface area contributed by atoms with Gasteiger partial charge >= 0.3 is 5.97 Å². The molecule has 0 spiro atoms. The van der Waals surface area contributed by atoms with Crippen molar-refractivity contribution in [2.75, 3.05) is 19.7 Å². The molecule has 1 saturated heterocycles. The fraction of sp³-hybridized carbons (Fsp3) is 0.308. The number of carbonyl (C=O) groups excluding carboxylic acids is 2. The lowest BCUT2D eigenvalue weighted by Gasteiger charge is -2.40. The van der Waals surface area contributed by atoms with Crippen molar-refractivity contribution in [2.24, 2.45) is 5.41 Å². The number of hydrogen-bond acceptors (Lipinski definition) is 5. The van der Waals surface area contributed by atoms with Crippen LogP contribution in [0.3, 0.4) is 0 Å². The first-order chi connectivity index (χ1) is 16.0. The number of rotatable bonds is 6. The van der Waals surface area contributed by atoms with Crippen molar-refractivity contribution in [1.29, 1.82) is 0 Å². The smallest absolute Gasteiger partial charge is 0.314 e. The largest absolute Gasteiger partial charge is 0.466 e. The summed E-state index contributed by atoms with van der Waals surface area (Å²) in [4.78, 5) is 40.3. The van der Waals surface area contributed by atoms with Gasteiger partial charge in [0.2, 0.25) is 0 Å². The van der Waals surface area contributed by atoms with Crippen molar-refractivity contribution >= 4 is 28.7 Å². The van der Waals surface area contributed by atoms with E-state index in [1.54, 1.807) is 36.1 Å². The van der Waals surface area contributed by atoms with Crippen LogP contribution in [0.4, 0.5) is 0 Å². The number of esters is 1. The van der Waals surface area contributed by atoms with E-state index >= 15 is 0 Å². The molecule has 0 saturated carbocycles. The molecule has 2 heterocycles. The van der Waals surface area contributed by atoms with Crippen LogP contribution in [-0.4, -0.2) is 46.7 Å². The first-order valence-electron chi connectivity index (χ1n) is 11.2. The van der Waals surface area contributed by atoms with Crippen LogP contribution in [0.1, 0.15) is 42.2 Å². The van der Waals surface area contributed by atoms with Crippen molar-refractivity contribution in [3.63, 3.8) is 0 Å². The minimum atomic E-state index is -0.826. The topological polar surface area (TPSA) is 92.4 Å². The van der Waals surface area contributed by atoms with Gasteiger partial charge in [-0.1, -0.05) is 60.7 Å². The first kappa shape index (κ1) is 22.5. The Bertz CT molecular complexity index is 1240. The van der Waals surface area contributed by atoms with E-state index in [1.807, 2.05) is 42.5 Å². The average Bonchev–Trinajstić information content (AvgIpc) is 2.85. The molecule has 4 rings (SSSR count). The lowest BCUT2D eigenvalue weighted by molar-refractivity contribution is -0.158. The van der Waals surface area contributed by atoms with Gasteiger partial charge in [-0.05, 0) is 37.8 Å². The van der Waals surface area contributed by atoms with Gasteiger partial charge in [0.15, 0.2) is 5.69 Å². The number of nitrogens with one attached hydrogen (secondary N) is 1. The summed E-state index contributed by atoms with van der Waals surface area (Å²) in [7, 11) is 0. The maximum Gasteiger partial charge on any atom is 0.314 e. The molecule has 7 heteroatoms. The lowest BCUT2D eigenvalue weighted by atomic mass is 9.76. The Hall–Kier alpha value is -3.74. The number of H-pyrrole nitrogens is 1. The third-order valence-electron chi connectivity index (χ3n) is 6.09. The molecule has 3 aromatic rings. The number of amides is 1. The van der Waals surface area contributed by atoms with E-state index in [0.717, 1.165) is 5.56 Å². The van der Waals surface area contributed by atoms with Gasteiger partial charge in [0, 0.05) is 18.5 Å². The van der Waals surface area contributed by atoms with Gasteiger partial charge in [-0.3, -0.25) is 14.4 Å². The SMILES string of the molecule is CCOC(=O)C1(CC=Cc2ccccc2)CCCN(C(=O)c2n[nH]c(=O)c3ccccc23)C1. The van der Waals surface area contributed by atoms with E-state index in [1.165, 1.54) is 0 Å². The zero-order valence-corrected chi connectivity index (χ0v) is 18.6. The van der Waals surface area contributed by atoms with Crippen LogP contribution in [0.5, 0.6) is 0 Å². The summed E-state index contributed by atoms with van der Waals surface area (Å²) in [6, 6.07) is 16.8. The van der Waals surface area contributed by atoms with Gasteiger partial charge in [0.05, 0.1) is 17.4 Å². The molecule has 1 aliphatic heterocycles. The highest BCUT2D eigenvalue weighted by Crippen LogP contribution is 2.36. The molecule has 1 atom stereocenters. The molecular formula is C26H27N3O4. The number of benzene rings is 2. The van der Waals surface area contributed by atoms with Gasteiger partial charge in [0.25, 0.3) is 11.5 Å². The highest BCUT2D eigenvalue weighted by Gasteiger charge is 2.44. The zero-order chi connectivity index (χ0) is 23.3. The van der Waals surface area contributed by atoms with Gasteiger partial charge in [0.1, 0.15) is 0 Å². The number of piperidine rings is 1. The molecule has 1 aliphatic rings. The van der Waals surface area contributed by atoms with Crippen LogP contribution >= 0.6 is 0 Å². The molecule has 1 unspecified atom stereocenters. The molecule has 0 radical (unpaired) electrons. The summed E-state index contributed by atoms with van der Waals surface area (Å²) < 4.78 is 5.43. The summed E-state index contributed by atoms with van der Waals surface area (Å²) in [6.45, 7) is 2.81. The minimum absolute atomic E-state index is 0.185. The van der Waals surface area contributed by atoms with Crippen LogP contribution < -0.4 is 5.56 Å². The first-order valence-corrected chi connectivity index (χ1v) is 11.2. The van der Waals surface area contributed by atoms with E-state index in [2.05, 4.69) is 10.2 Å². The second kappa shape index (κ2) is 9.81. The van der Waals surface area contributed by atoms with Crippen molar-refractivity contribution in [1.82, 2.24) is 15.1 Å². The summed E-state index contributed by atoms with van der Waals surface area (Å²) in [5, 5.41) is 7.39. The lowest BCUT2D eigenvalue weighted by Crippen LogP contribution is -2.50. The number of likely N-dealkylation sites (tertiary alicyclic amines) is 1. The number of nitrogens with zero attached hydrogens (tertiary/aromatic N) is 2. The van der Waals surface area contributed by atoms with E-state index in [4.69, 9.17) is 4.74 Å².